The smallest absolute Gasteiger partial charge is 0.135 e. The fraction of sp³-hybridized carbons (Fsp3) is 0.389. The van der Waals surface area contributed by atoms with Gasteiger partial charge in [0.15, 0.2) is 0 Å². The Morgan fingerprint density at radius 1 is 1.32 bits per heavy atom. The summed E-state index contributed by atoms with van der Waals surface area (Å²) in [4.78, 5) is 6.86. The number of rotatable bonds is 3. The van der Waals surface area contributed by atoms with Gasteiger partial charge < -0.3 is 10.8 Å². The molecular formula is C18H21N3O. The average Bonchev–Trinajstić information content (AvgIpc) is 3.24. The van der Waals surface area contributed by atoms with Crippen LogP contribution in [0.3, 0.4) is 0 Å². The number of hydrogen-bond donors (Lipinski definition) is 2. The van der Waals surface area contributed by atoms with Gasteiger partial charge in [-0.05, 0) is 49.4 Å². The van der Waals surface area contributed by atoms with E-state index in [1.807, 2.05) is 31.2 Å². The first-order chi connectivity index (χ1) is 10.6. The van der Waals surface area contributed by atoms with Crippen molar-refractivity contribution in [3.05, 3.63) is 47.2 Å². The number of nitrogens with two attached hydrogens (primary N) is 1. The van der Waals surface area contributed by atoms with Crippen LogP contribution in [0.15, 0.2) is 30.3 Å². The lowest BCUT2D eigenvalue weighted by molar-refractivity contribution is 0.0100. The van der Waals surface area contributed by atoms with Gasteiger partial charge in [0, 0.05) is 35.6 Å². The molecule has 4 rings (SSSR count). The molecule has 0 spiro atoms. The van der Waals surface area contributed by atoms with Crippen LogP contribution in [0.4, 0.5) is 5.69 Å². The van der Waals surface area contributed by atoms with E-state index in [4.69, 9.17) is 10.7 Å². The molecule has 1 aromatic carbocycles. The van der Waals surface area contributed by atoms with Gasteiger partial charge in [0.1, 0.15) is 6.23 Å². The molecule has 4 nitrogen and oxygen atoms in total. The lowest BCUT2D eigenvalue weighted by Gasteiger charge is -2.20. The highest BCUT2D eigenvalue weighted by molar-refractivity contribution is 5.65. The quantitative estimate of drug-likeness (QED) is 0.855. The SMILES string of the molecule is Cc1nc(-c2cccc(N)c2)cc2c1C(O)N(CC1CC1)C2. The number of aliphatic hydroxyl groups is 1. The summed E-state index contributed by atoms with van der Waals surface area (Å²) >= 11 is 0. The number of pyridine rings is 1. The van der Waals surface area contributed by atoms with E-state index in [1.165, 1.54) is 18.4 Å². The van der Waals surface area contributed by atoms with E-state index >= 15 is 0 Å². The van der Waals surface area contributed by atoms with E-state index in [9.17, 15) is 5.11 Å². The molecule has 3 N–H and O–H groups in total. The maximum atomic E-state index is 10.6. The van der Waals surface area contributed by atoms with Crippen molar-refractivity contribution in [1.29, 1.82) is 0 Å². The highest BCUT2D eigenvalue weighted by Gasteiger charge is 2.35. The highest BCUT2D eigenvalue weighted by Crippen LogP contribution is 2.39. The largest absolute Gasteiger partial charge is 0.399 e. The lowest BCUT2D eigenvalue weighted by atomic mass is 10.0. The molecule has 0 amide bonds. The standard InChI is InChI=1S/C18H21N3O/c1-11-17-14(10-21(18(17)22)9-12-5-6-12)8-16(20-11)13-3-2-4-15(19)7-13/h2-4,7-8,12,18,22H,5-6,9-10,19H2,1H3. The number of nitrogens with zero attached hydrogens (tertiary/aromatic N) is 2. The molecular weight excluding hydrogens is 274 g/mol. The monoisotopic (exact) mass is 295 g/mol. The molecule has 1 fully saturated rings. The average molecular weight is 295 g/mol. The molecule has 1 aliphatic heterocycles. The van der Waals surface area contributed by atoms with Crippen LogP contribution in [0.25, 0.3) is 11.3 Å². The van der Waals surface area contributed by atoms with Crippen LogP contribution in [0.5, 0.6) is 0 Å². The molecule has 4 heteroatoms. The van der Waals surface area contributed by atoms with Crippen LogP contribution in [-0.4, -0.2) is 21.5 Å². The Bertz CT molecular complexity index is 724. The van der Waals surface area contributed by atoms with Gasteiger partial charge in [-0.25, -0.2) is 0 Å². The first kappa shape index (κ1) is 13.7. The van der Waals surface area contributed by atoms with E-state index in [2.05, 4.69) is 11.0 Å². The van der Waals surface area contributed by atoms with Crippen LogP contribution < -0.4 is 5.73 Å². The molecule has 114 valence electrons. The van der Waals surface area contributed by atoms with E-state index in [0.29, 0.717) is 0 Å². The van der Waals surface area contributed by atoms with Gasteiger partial charge in [-0.2, -0.15) is 0 Å². The lowest BCUT2D eigenvalue weighted by Crippen LogP contribution is -2.24. The van der Waals surface area contributed by atoms with Crippen molar-refractivity contribution in [2.45, 2.75) is 32.5 Å². The third kappa shape index (κ3) is 2.38. The summed E-state index contributed by atoms with van der Waals surface area (Å²) in [6.45, 7) is 3.78. The summed E-state index contributed by atoms with van der Waals surface area (Å²) in [6, 6.07) is 9.90. The maximum absolute atomic E-state index is 10.6. The van der Waals surface area contributed by atoms with Crippen LogP contribution in [0.2, 0.25) is 0 Å². The predicted octanol–water partition coefficient (Wildman–Crippen LogP) is 2.86. The number of anilines is 1. The van der Waals surface area contributed by atoms with Crippen molar-refractivity contribution in [3.63, 3.8) is 0 Å². The van der Waals surface area contributed by atoms with Gasteiger partial charge in [0.05, 0.1) is 5.69 Å². The number of benzene rings is 1. The fourth-order valence-corrected chi connectivity index (χ4v) is 3.36. The summed E-state index contributed by atoms with van der Waals surface area (Å²) in [6.07, 6.45) is 2.09. The first-order valence-corrected chi connectivity index (χ1v) is 7.90. The summed E-state index contributed by atoms with van der Waals surface area (Å²) in [5.74, 6) is 0.769. The van der Waals surface area contributed by atoms with Gasteiger partial charge in [0.2, 0.25) is 0 Å². The third-order valence-electron chi connectivity index (χ3n) is 4.68. The van der Waals surface area contributed by atoms with Crippen LogP contribution in [0.1, 0.15) is 35.9 Å². The number of aromatic nitrogens is 1. The Morgan fingerprint density at radius 3 is 2.86 bits per heavy atom. The van der Waals surface area contributed by atoms with E-state index < -0.39 is 6.23 Å². The van der Waals surface area contributed by atoms with E-state index in [1.54, 1.807) is 0 Å². The molecule has 0 saturated heterocycles. The fourth-order valence-electron chi connectivity index (χ4n) is 3.36. The van der Waals surface area contributed by atoms with E-state index in [-0.39, 0.29) is 0 Å². The summed E-state index contributed by atoms with van der Waals surface area (Å²) in [7, 11) is 0. The minimum absolute atomic E-state index is 0.502. The number of nitrogen functional groups attached to an aromatic ring is 1. The Labute approximate surface area is 130 Å². The topological polar surface area (TPSA) is 62.4 Å². The van der Waals surface area contributed by atoms with Crippen molar-refractivity contribution in [2.24, 2.45) is 5.92 Å². The van der Waals surface area contributed by atoms with E-state index in [0.717, 1.165) is 47.2 Å². The van der Waals surface area contributed by atoms with Crippen LogP contribution >= 0.6 is 0 Å². The third-order valence-corrected chi connectivity index (χ3v) is 4.68. The number of aliphatic hydroxyl groups excluding tert-OH is 1. The molecule has 1 atom stereocenters. The molecule has 2 aromatic rings. The molecule has 22 heavy (non-hydrogen) atoms. The molecule has 2 aliphatic rings. The van der Waals surface area contributed by atoms with Crippen molar-refractivity contribution in [3.8, 4) is 11.3 Å². The highest BCUT2D eigenvalue weighted by atomic mass is 16.3. The van der Waals surface area contributed by atoms with Crippen molar-refractivity contribution in [2.75, 3.05) is 12.3 Å². The summed E-state index contributed by atoms with van der Waals surface area (Å²) in [5, 5.41) is 10.6. The Kier molecular flexibility index (Phi) is 3.17. The van der Waals surface area contributed by atoms with Crippen molar-refractivity contribution >= 4 is 5.69 Å². The molecule has 0 radical (unpaired) electrons. The second-order valence-corrected chi connectivity index (χ2v) is 6.54. The van der Waals surface area contributed by atoms with Gasteiger partial charge >= 0.3 is 0 Å². The van der Waals surface area contributed by atoms with Gasteiger partial charge in [0.25, 0.3) is 0 Å². The number of fused-ring (bicyclic) bond motifs is 1. The summed E-state index contributed by atoms with van der Waals surface area (Å²) < 4.78 is 0. The van der Waals surface area contributed by atoms with Gasteiger partial charge in [-0.15, -0.1) is 0 Å². The van der Waals surface area contributed by atoms with Crippen LogP contribution in [0, 0.1) is 12.8 Å². The molecule has 1 saturated carbocycles. The van der Waals surface area contributed by atoms with Gasteiger partial charge in [-0.3, -0.25) is 9.88 Å². The predicted molar refractivity (Wildman–Crippen MR) is 86.9 cm³/mol. The van der Waals surface area contributed by atoms with Crippen LogP contribution in [-0.2, 0) is 6.54 Å². The second kappa shape index (κ2) is 5.07. The number of aryl methyl sites for hydroxylation is 1. The van der Waals surface area contributed by atoms with Gasteiger partial charge in [-0.1, -0.05) is 12.1 Å². The zero-order valence-corrected chi connectivity index (χ0v) is 12.8. The summed E-state index contributed by atoms with van der Waals surface area (Å²) in [5.41, 5.74) is 11.7. The molecule has 0 bridgehead atoms. The minimum Gasteiger partial charge on any atom is -0.399 e. The zero-order valence-electron chi connectivity index (χ0n) is 12.8. The number of hydrogen-bond acceptors (Lipinski definition) is 4. The Morgan fingerprint density at radius 2 is 2.14 bits per heavy atom. The molecule has 1 aliphatic carbocycles. The molecule has 2 heterocycles. The molecule has 1 unspecified atom stereocenters. The first-order valence-electron chi connectivity index (χ1n) is 7.90. The Hall–Kier alpha value is -1.91. The Balaban J connectivity index is 1.70. The maximum Gasteiger partial charge on any atom is 0.135 e. The van der Waals surface area contributed by atoms with Crippen molar-refractivity contribution in [1.82, 2.24) is 9.88 Å². The zero-order chi connectivity index (χ0) is 15.3. The minimum atomic E-state index is -0.502. The second-order valence-electron chi connectivity index (χ2n) is 6.54. The van der Waals surface area contributed by atoms with Crippen molar-refractivity contribution < 1.29 is 5.11 Å². The normalized spacial score (nSPS) is 21.1. The molecule has 1 aromatic heterocycles.